The normalized spacial score (nSPS) is 25.5. The zero-order valence-corrected chi connectivity index (χ0v) is 16.0. The molecule has 2 atom stereocenters. The Morgan fingerprint density at radius 2 is 1.76 bits per heavy atom. The van der Waals surface area contributed by atoms with E-state index >= 15 is 0 Å². The Labute approximate surface area is 152 Å². The maximum Gasteiger partial charge on any atom is 0.225 e. The van der Waals surface area contributed by atoms with E-state index in [9.17, 15) is 4.79 Å². The lowest BCUT2D eigenvalue weighted by atomic mass is 10.00. The fourth-order valence-corrected chi connectivity index (χ4v) is 3.71. The van der Waals surface area contributed by atoms with Crippen LogP contribution in [0, 0.1) is 5.92 Å². The van der Waals surface area contributed by atoms with Gasteiger partial charge in [-0.1, -0.05) is 26.0 Å². The number of piperazine rings is 2. The molecule has 2 saturated heterocycles. The van der Waals surface area contributed by atoms with Gasteiger partial charge in [-0.3, -0.25) is 4.79 Å². The summed E-state index contributed by atoms with van der Waals surface area (Å²) in [5, 5.41) is 3.60. The number of nitrogens with zero attached hydrogens (tertiary/aromatic N) is 3. The van der Waals surface area contributed by atoms with Crippen LogP contribution in [-0.2, 0) is 4.79 Å². The highest BCUT2D eigenvalue weighted by Crippen LogP contribution is 2.24. The van der Waals surface area contributed by atoms with Crippen LogP contribution in [0.4, 0.5) is 5.69 Å². The summed E-state index contributed by atoms with van der Waals surface area (Å²) in [6, 6.07) is 9.39. The first-order valence-electron chi connectivity index (χ1n) is 9.53. The Bertz CT molecular complexity index is 578. The molecule has 0 aromatic heterocycles. The third-order valence-corrected chi connectivity index (χ3v) is 5.51. The summed E-state index contributed by atoms with van der Waals surface area (Å²) >= 11 is 0. The van der Waals surface area contributed by atoms with Gasteiger partial charge in [0.05, 0.1) is 0 Å². The Balaban J connectivity index is 1.66. The number of anilines is 1. The minimum absolute atomic E-state index is 0.0563. The van der Waals surface area contributed by atoms with E-state index in [2.05, 4.69) is 53.4 Å². The average Bonchev–Trinajstić information content (AvgIpc) is 2.62. The van der Waals surface area contributed by atoms with Gasteiger partial charge in [0.25, 0.3) is 0 Å². The molecular formula is C20H32N4O. The molecule has 1 aromatic carbocycles. The molecule has 2 heterocycles. The van der Waals surface area contributed by atoms with Gasteiger partial charge in [0, 0.05) is 63.0 Å². The number of rotatable bonds is 3. The number of nitrogens with one attached hydrogen (secondary N) is 1. The van der Waals surface area contributed by atoms with Gasteiger partial charge in [-0.05, 0) is 31.7 Å². The van der Waals surface area contributed by atoms with Crippen molar-refractivity contribution in [2.75, 3.05) is 51.2 Å². The minimum atomic E-state index is 0.0563. The molecule has 0 saturated carbocycles. The standard InChI is InChI=1S/C20H32N4O/c1-15(2)20(25)24-14-19(21-13-16(24)3)17-5-7-18(8-6-17)23-11-9-22(4)10-12-23/h5-8,15-16,19,21H,9-14H2,1-4H3/t16?,19-/m1/s1. The van der Waals surface area contributed by atoms with Gasteiger partial charge in [-0.2, -0.15) is 0 Å². The molecule has 0 spiro atoms. The third kappa shape index (κ3) is 4.15. The van der Waals surface area contributed by atoms with E-state index in [4.69, 9.17) is 0 Å². The molecule has 0 aliphatic carbocycles. The van der Waals surface area contributed by atoms with Gasteiger partial charge in [-0.25, -0.2) is 0 Å². The lowest BCUT2D eigenvalue weighted by Crippen LogP contribution is -2.54. The number of hydrogen-bond donors (Lipinski definition) is 1. The Morgan fingerprint density at radius 1 is 1.12 bits per heavy atom. The number of benzene rings is 1. The van der Waals surface area contributed by atoms with Crippen molar-refractivity contribution in [3.8, 4) is 0 Å². The molecule has 25 heavy (non-hydrogen) atoms. The van der Waals surface area contributed by atoms with Gasteiger partial charge >= 0.3 is 0 Å². The molecule has 138 valence electrons. The Hall–Kier alpha value is -1.59. The zero-order chi connectivity index (χ0) is 18.0. The fraction of sp³-hybridized carbons (Fsp3) is 0.650. The predicted molar refractivity (Wildman–Crippen MR) is 103 cm³/mol. The van der Waals surface area contributed by atoms with E-state index in [1.165, 1.54) is 11.3 Å². The van der Waals surface area contributed by atoms with E-state index in [0.717, 1.165) is 39.3 Å². The summed E-state index contributed by atoms with van der Waals surface area (Å²) in [6.45, 7) is 12.1. The summed E-state index contributed by atoms with van der Waals surface area (Å²) in [5.74, 6) is 0.314. The fourth-order valence-electron chi connectivity index (χ4n) is 3.71. The molecule has 2 fully saturated rings. The zero-order valence-electron chi connectivity index (χ0n) is 16.0. The number of likely N-dealkylation sites (N-methyl/N-ethyl adjacent to an activating group) is 1. The summed E-state index contributed by atoms with van der Waals surface area (Å²) < 4.78 is 0. The van der Waals surface area contributed by atoms with Gasteiger partial charge in [0.2, 0.25) is 5.91 Å². The highest BCUT2D eigenvalue weighted by molar-refractivity contribution is 5.78. The smallest absolute Gasteiger partial charge is 0.225 e. The van der Waals surface area contributed by atoms with Gasteiger partial charge in [0.1, 0.15) is 0 Å². The topological polar surface area (TPSA) is 38.8 Å². The van der Waals surface area contributed by atoms with Crippen LogP contribution in [0.15, 0.2) is 24.3 Å². The third-order valence-electron chi connectivity index (χ3n) is 5.51. The first-order valence-corrected chi connectivity index (χ1v) is 9.53. The van der Waals surface area contributed by atoms with Crippen LogP contribution in [0.3, 0.4) is 0 Å². The molecular weight excluding hydrogens is 312 g/mol. The Morgan fingerprint density at radius 3 is 2.36 bits per heavy atom. The molecule has 5 heteroatoms. The van der Waals surface area contributed by atoms with E-state index in [0.29, 0.717) is 0 Å². The van der Waals surface area contributed by atoms with Crippen molar-refractivity contribution in [2.45, 2.75) is 32.9 Å². The molecule has 2 aliphatic rings. The van der Waals surface area contributed by atoms with Crippen molar-refractivity contribution in [1.29, 1.82) is 0 Å². The van der Waals surface area contributed by atoms with Gasteiger partial charge < -0.3 is 20.0 Å². The summed E-state index contributed by atoms with van der Waals surface area (Å²) in [6.07, 6.45) is 0. The van der Waals surface area contributed by atoms with E-state index in [1.807, 2.05) is 18.7 Å². The van der Waals surface area contributed by atoms with Crippen molar-refractivity contribution in [2.24, 2.45) is 5.92 Å². The predicted octanol–water partition coefficient (Wildman–Crippen LogP) is 1.96. The van der Waals surface area contributed by atoms with Crippen molar-refractivity contribution < 1.29 is 4.79 Å². The largest absolute Gasteiger partial charge is 0.369 e. The monoisotopic (exact) mass is 344 g/mol. The highest BCUT2D eigenvalue weighted by atomic mass is 16.2. The summed E-state index contributed by atoms with van der Waals surface area (Å²) in [5.41, 5.74) is 2.57. The number of hydrogen-bond acceptors (Lipinski definition) is 4. The average molecular weight is 345 g/mol. The van der Waals surface area contributed by atoms with Crippen molar-refractivity contribution in [3.05, 3.63) is 29.8 Å². The maximum atomic E-state index is 12.5. The second-order valence-electron chi connectivity index (χ2n) is 7.84. The van der Waals surface area contributed by atoms with Crippen molar-refractivity contribution >= 4 is 11.6 Å². The van der Waals surface area contributed by atoms with Gasteiger partial charge in [-0.15, -0.1) is 0 Å². The quantitative estimate of drug-likeness (QED) is 0.910. The second kappa shape index (κ2) is 7.75. The second-order valence-corrected chi connectivity index (χ2v) is 7.84. The molecule has 0 bridgehead atoms. The number of amides is 1. The van der Waals surface area contributed by atoms with Crippen LogP contribution in [0.2, 0.25) is 0 Å². The molecule has 2 aliphatic heterocycles. The Kier molecular flexibility index (Phi) is 5.64. The first-order chi connectivity index (χ1) is 12.0. The summed E-state index contributed by atoms with van der Waals surface area (Å²) in [4.78, 5) is 19.3. The molecule has 0 radical (unpaired) electrons. The highest BCUT2D eigenvalue weighted by Gasteiger charge is 2.30. The first kappa shape index (κ1) is 18.2. The molecule has 1 aromatic rings. The van der Waals surface area contributed by atoms with E-state index < -0.39 is 0 Å². The lowest BCUT2D eigenvalue weighted by Gasteiger charge is -2.40. The van der Waals surface area contributed by atoms with E-state index in [-0.39, 0.29) is 23.9 Å². The van der Waals surface area contributed by atoms with Crippen LogP contribution >= 0.6 is 0 Å². The maximum absolute atomic E-state index is 12.5. The molecule has 1 unspecified atom stereocenters. The minimum Gasteiger partial charge on any atom is -0.369 e. The van der Waals surface area contributed by atoms with Crippen molar-refractivity contribution in [1.82, 2.24) is 15.1 Å². The van der Waals surface area contributed by atoms with E-state index in [1.54, 1.807) is 0 Å². The SMILES string of the molecule is CC(C)C(=O)N1C[C@H](c2ccc(N3CCN(C)CC3)cc2)NCC1C. The van der Waals surface area contributed by atoms with Crippen LogP contribution in [0.25, 0.3) is 0 Å². The molecule has 1 N–H and O–H groups in total. The number of carbonyl (C=O) groups excluding carboxylic acids is 1. The summed E-state index contributed by atoms with van der Waals surface area (Å²) in [7, 11) is 2.18. The van der Waals surface area contributed by atoms with Crippen LogP contribution < -0.4 is 10.2 Å². The van der Waals surface area contributed by atoms with Crippen LogP contribution in [0.5, 0.6) is 0 Å². The number of carbonyl (C=O) groups is 1. The molecule has 5 nitrogen and oxygen atoms in total. The van der Waals surface area contributed by atoms with Crippen molar-refractivity contribution in [3.63, 3.8) is 0 Å². The molecule has 1 amide bonds. The van der Waals surface area contributed by atoms with Crippen LogP contribution in [-0.4, -0.2) is 68.1 Å². The van der Waals surface area contributed by atoms with Crippen LogP contribution in [0.1, 0.15) is 32.4 Å². The van der Waals surface area contributed by atoms with Gasteiger partial charge in [0.15, 0.2) is 0 Å². The lowest BCUT2D eigenvalue weighted by molar-refractivity contribution is -0.138. The molecule has 3 rings (SSSR count).